The Balaban J connectivity index is 1.38. The smallest absolute Gasteiger partial charge is 0.178 e. The van der Waals surface area contributed by atoms with Crippen LogP contribution in [0.4, 0.5) is 0 Å². The second-order valence-electron chi connectivity index (χ2n) is 8.69. The van der Waals surface area contributed by atoms with Crippen LogP contribution in [0.25, 0.3) is 0 Å². The van der Waals surface area contributed by atoms with E-state index in [4.69, 9.17) is 0 Å². The summed E-state index contributed by atoms with van der Waals surface area (Å²) in [6, 6.07) is 35.6. The number of thioether (sulfide) groups is 1. The minimum Gasteiger partial charge on any atom is -0.293 e. The van der Waals surface area contributed by atoms with Gasteiger partial charge in [-0.2, -0.15) is 0 Å². The maximum Gasteiger partial charge on any atom is 0.178 e. The molecule has 4 aromatic rings. The van der Waals surface area contributed by atoms with Crippen LogP contribution in [0, 0.1) is 6.92 Å². The van der Waals surface area contributed by atoms with Crippen molar-refractivity contribution in [3.8, 4) is 0 Å². The van der Waals surface area contributed by atoms with Gasteiger partial charge in [-0.25, -0.2) is 0 Å². The number of rotatable bonds is 8. The highest BCUT2D eigenvalue weighted by Crippen LogP contribution is 2.36. The molecule has 0 heterocycles. The molecular weight excluding hydrogens is 440 g/mol. The van der Waals surface area contributed by atoms with Crippen LogP contribution in [0.1, 0.15) is 40.9 Å². The highest BCUT2D eigenvalue weighted by Gasteiger charge is 2.29. The lowest BCUT2D eigenvalue weighted by molar-refractivity contribution is 0.0958. The Labute approximate surface area is 205 Å². The molecule has 0 saturated heterocycles. The number of benzene rings is 4. The van der Waals surface area contributed by atoms with Gasteiger partial charge in [0.2, 0.25) is 0 Å². The SMILES string of the molecule is Cc1ccc(SC(C)(C)C(=O)c2ccc(Sc3ccc(Cc4ccccc4)cc3)cc2)cc1. The topological polar surface area (TPSA) is 17.1 Å². The highest BCUT2D eigenvalue weighted by molar-refractivity contribution is 8.01. The summed E-state index contributed by atoms with van der Waals surface area (Å²) in [5.74, 6) is 0.148. The van der Waals surface area contributed by atoms with Gasteiger partial charge in [-0.05, 0) is 74.7 Å². The minimum atomic E-state index is -0.529. The van der Waals surface area contributed by atoms with E-state index in [2.05, 4.69) is 79.7 Å². The van der Waals surface area contributed by atoms with Crippen LogP contribution in [0.15, 0.2) is 118 Å². The molecule has 0 aliphatic rings. The lowest BCUT2D eigenvalue weighted by Gasteiger charge is -2.23. The van der Waals surface area contributed by atoms with Gasteiger partial charge in [0.15, 0.2) is 5.78 Å². The molecule has 0 amide bonds. The third-order valence-corrected chi connectivity index (χ3v) is 7.69. The molecule has 0 saturated carbocycles. The number of hydrogen-bond acceptors (Lipinski definition) is 3. The largest absolute Gasteiger partial charge is 0.293 e. The van der Waals surface area contributed by atoms with Gasteiger partial charge in [-0.1, -0.05) is 84.1 Å². The number of aryl methyl sites for hydroxylation is 1. The van der Waals surface area contributed by atoms with E-state index in [0.717, 1.165) is 21.8 Å². The lowest BCUT2D eigenvalue weighted by Crippen LogP contribution is -2.27. The number of carbonyl (C=O) groups is 1. The van der Waals surface area contributed by atoms with Gasteiger partial charge < -0.3 is 0 Å². The second-order valence-corrected chi connectivity index (χ2v) is 11.5. The minimum absolute atomic E-state index is 0.148. The Morgan fingerprint density at radius 3 is 1.79 bits per heavy atom. The van der Waals surface area contributed by atoms with E-state index >= 15 is 0 Å². The third kappa shape index (κ3) is 6.40. The zero-order valence-corrected chi connectivity index (χ0v) is 20.9. The van der Waals surface area contributed by atoms with Crippen molar-refractivity contribution in [2.75, 3.05) is 0 Å². The molecule has 0 fully saturated rings. The Morgan fingerprint density at radius 2 is 1.18 bits per heavy atom. The van der Waals surface area contributed by atoms with Gasteiger partial charge >= 0.3 is 0 Å². The first-order chi connectivity index (χ1) is 15.9. The predicted octanol–water partition coefficient (Wildman–Crippen LogP) is 8.49. The molecular formula is C30H28OS2. The van der Waals surface area contributed by atoms with Gasteiger partial charge in [-0.15, -0.1) is 11.8 Å². The summed E-state index contributed by atoms with van der Waals surface area (Å²) in [6.07, 6.45) is 0.943. The first-order valence-electron chi connectivity index (χ1n) is 11.1. The zero-order valence-electron chi connectivity index (χ0n) is 19.2. The number of ketones is 1. The monoisotopic (exact) mass is 468 g/mol. The molecule has 4 rings (SSSR count). The molecule has 0 aliphatic heterocycles. The summed E-state index contributed by atoms with van der Waals surface area (Å²) in [5.41, 5.74) is 4.60. The van der Waals surface area contributed by atoms with Gasteiger partial charge in [0, 0.05) is 20.2 Å². The molecule has 3 heteroatoms. The van der Waals surface area contributed by atoms with Crippen LogP contribution in [0.2, 0.25) is 0 Å². The van der Waals surface area contributed by atoms with Crippen LogP contribution in [0.3, 0.4) is 0 Å². The fourth-order valence-corrected chi connectivity index (χ4v) is 5.50. The predicted molar refractivity (Wildman–Crippen MR) is 142 cm³/mol. The fourth-order valence-electron chi connectivity index (χ4n) is 3.61. The van der Waals surface area contributed by atoms with Crippen molar-refractivity contribution in [2.45, 2.75) is 46.6 Å². The summed E-state index contributed by atoms with van der Waals surface area (Å²) in [5, 5.41) is 0. The Kier molecular flexibility index (Phi) is 7.42. The van der Waals surface area contributed by atoms with E-state index < -0.39 is 4.75 Å². The third-order valence-electron chi connectivity index (χ3n) is 5.47. The molecule has 0 aliphatic carbocycles. The van der Waals surface area contributed by atoms with E-state index in [-0.39, 0.29) is 5.78 Å². The van der Waals surface area contributed by atoms with Crippen molar-refractivity contribution in [1.29, 1.82) is 0 Å². The molecule has 166 valence electrons. The molecule has 0 aromatic heterocycles. The molecule has 0 bridgehead atoms. The van der Waals surface area contributed by atoms with E-state index in [1.807, 2.05) is 44.2 Å². The van der Waals surface area contributed by atoms with Crippen molar-refractivity contribution in [2.24, 2.45) is 0 Å². The van der Waals surface area contributed by atoms with E-state index in [0.29, 0.717) is 0 Å². The standard InChI is InChI=1S/C30H28OS2/c1-22-9-15-28(16-10-22)33-30(2,3)29(31)25-13-19-27(20-14-25)32-26-17-11-24(12-18-26)21-23-7-5-4-6-8-23/h4-20H,21H2,1-3H3. The molecule has 0 unspecified atom stereocenters. The van der Waals surface area contributed by atoms with Crippen molar-refractivity contribution < 1.29 is 4.79 Å². The average molecular weight is 469 g/mol. The summed E-state index contributed by atoms with van der Waals surface area (Å²) >= 11 is 3.33. The molecule has 0 spiro atoms. The Hall–Kier alpha value is -2.75. The van der Waals surface area contributed by atoms with E-state index in [1.165, 1.54) is 21.6 Å². The lowest BCUT2D eigenvalue weighted by atomic mass is 10.0. The second kappa shape index (κ2) is 10.5. The quantitative estimate of drug-likeness (QED) is 0.191. The van der Waals surface area contributed by atoms with Crippen LogP contribution in [-0.4, -0.2) is 10.5 Å². The average Bonchev–Trinajstić information content (AvgIpc) is 2.82. The van der Waals surface area contributed by atoms with Crippen molar-refractivity contribution in [1.82, 2.24) is 0 Å². The maximum absolute atomic E-state index is 13.2. The molecule has 1 nitrogen and oxygen atoms in total. The summed E-state index contributed by atoms with van der Waals surface area (Å²) in [4.78, 5) is 16.6. The van der Waals surface area contributed by atoms with Gasteiger partial charge in [0.1, 0.15) is 0 Å². The summed E-state index contributed by atoms with van der Waals surface area (Å²) in [6.45, 7) is 6.07. The maximum atomic E-state index is 13.2. The molecule has 33 heavy (non-hydrogen) atoms. The van der Waals surface area contributed by atoms with Gasteiger partial charge in [-0.3, -0.25) is 4.79 Å². The number of hydrogen-bond donors (Lipinski definition) is 0. The molecule has 0 radical (unpaired) electrons. The normalized spacial score (nSPS) is 11.4. The summed E-state index contributed by atoms with van der Waals surface area (Å²) in [7, 11) is 0. The van der Waals surface area contributed by atoms with Crippen molar-refractivity contribution in [3.63, 3.8) is 0 Å². The zero-order chi connectivity index (χ0) is 23.3. The van der Waals surface area contributed by atoms with Crippen LogP contribution in [-0.2, 0) is 6.42 Å². The molecule has 4 aromatic carbocycles. The summed E-state index contributed by atoms with van der Waals surface area (Å²) < 4.78 is -0.529. The van der Waals surface area contributed by atoms with E-state index in [1.54, 1.807) is 23.5 Å². The molecule has 0 atom stereocenters. The van der Waals surface area contributed by atoms with Crippen LogP contribution >= 0.6 is 23.5 Å². The van der Waals surface area contributed by atoms with E-state index in [9.17, 15) is 4.79 Å². The number of carbonyl (C=O) groups excluding carboxylic acids is 1. The highest BCUT2D eigenvalue weighted by atomic mass is 32.2. The van der Waals surface area contributed by atoms with Crippen LogP contribution < -0.4 is 0 Å². The Morgan fingerprint density at radius 1 is 0.667 bits per heavy atom. The van der Waals surface area contributed by atoms with Crippen molar-refractivity contribution >= 4 is 29.3 Å². The molecule has 0 N–H and O–H groups in total. The van der Waals surface area contributed by atoms with Crippen LogP contribution in [0.5, 0.6) is 0 Å². The van der Waals surface area contributed by atoms with Gasteiger partial charge in [0.25, 0.3) is 0 Å². The fraction of sp³-hybridized carbons (Fsp3) is 0.167. The first-order valence-corrected chi connectivity index (χ1v) is 12.7. The van der Waals surface area contributed by atoms with Gasteiger partial charge in [0.05, 0.1) is 4.75 Å². The Bertz CT molecular complexity index is 1190. The number of Topliss-reactive ketones (excluding diaryl/α,β-unsaturated/α-hetero) is 1. The first kappa shape index (κ1) is 23.4. The van der Waals surface area contributed by atoms with Crippen molar-refractivity contribution in [3.05, 3.63) is 125 Å².